The average molecular weight is 545 g/mol. The Labute approximate surface area is 216 Å². The van der Waals surface area contributed by atoms with Crippen LogP contribution in [-0.4, -0.2) is 62.8 Å². The molecule has 0 aliphatic carbocycles. The number of halogens is 3. The number of hydrogen-bond acceptors (Lipinski definition) is 4. The number of amides is 1. The van der Waals surface area contributed by atoms with Crippen molar-refractivity contribution in [1.82, 2.24) is 9.21 Å². The summed E-state index contributed by atoms with van der Waals surface area (Å²) < 4.78 is 27.3. The third-order valence-electron chi connectivity index (χ3n) is 6.63. The number of hydrogen-bond donors (Lipinski definition) is 0. The van der Waals surface area contributed by atoms with Gasteiger partial charge in [0.25, 0.3) is 0 Å². The summed E-state index contributed by atoms with van der Waals surface area (Å²) in [5.41, 5.74) is 2.87. The Hall–Kier alpha value is -1.51. The lowest BCUT2D eigenvalue weighted by atomic mass is 9.96. The van der Waals surface area contributed by atoms with E-state index in [1.54, 1.807) is 18.2 Å². The van der Waals surface area contributed by atoms with Crippen LogP contribution in [0, 0.1) is 12.8 Å². The number of benzene rings is 2. The fourth-order valence-electron chi connectivity index (χ4n) is 4.66. The minimum Gasteiger partial charge on any atom is -0.368 e. The van der Waals surface area contributed by atoms with E-state index >= 15 is 0 Å². The fourth-order valence-corrected chi connectivity index (χ4v) is 6.70. The largest absolute Gasteiger partial charge is 0.368 e. The molecule has 0 N–H and O–H groups in total. The number of nitrogens with zero attached hydrogens (tertiary/aromatic N) is 3. The van der Waals surface area contributed by atoms with Crippen molar-refractivity contribution in [2.24, 2.45) is 5.92 Å². The normalized spacial score (nSPS) is 18.4. The van der Waals surface area contributed by atoms with Crippen molar-refractivity contribution in [3.05, 3.63) is 62.6 Å². The Kier molecular flexibility index (Phi) is 7.99. The highest BCUT2D eigenvalue weighted by Crippen LogP contribution is 2.28. The number of carbonyl (C=O) groups excluding carboxylic acids is 1. The van der Waals surface area contributed by atoms with Crippen LogP contribution in [0.3, 0.4) is 0 Å². The molecule has 2 aromatic carbocycles. The van der Waals surface area contributed by atoms with Crippen LogP contribution in [-0.2, 0) is 20.6 Å². The topological polar surface area (TPSA) is 60.9 Å². The Morgan fingerprint density at radius 3 is 2.24 bits per heavy atom. The minimum atomic E-state index is -3.50. The first-order valence-electron chi connectivity index (χ1n) is 11.4. The van der Waals surface area contributed by atoms with Crippen LogP contribution >= 0.6 is 34.8 Å². The van der Waals surface area contributed by atoms with E-state index in [1.165, 1.54) is 9.87 Å². The zero-order chi connectivity index (χ0) is 24.5. The number of sulfonamides is 1. The zero-order valence-corrected chi connectivity index (χ0v) is 22.1. The first-order chi connectivity index (χ1) is 16.1. The highest BCUT2D eigenvalue weighted by molar-refractivity contribution is 7.88. The van der Waals surface area contributed by atoms with Gasteiger partial charge < -0.3 is 9.80 Å². The van der Waals surface area contributed by atoms with Crippen LogP contribution in [0.1, 0.15) is 24.0 Å². The SMILES string of the molecule is Cc1ccc(Cl)cc1N1CCN(C(=O)C2CCN(S(=O)(=O)Cc3ccc(Cl)c(Cl)c3)CC2)CC1. The van der Waals surface area contributed by atoms with Crippen molar-refractivity contribution in [2.75, 3.05) is 44.2 Å². The molecule has 2 fully saturated rings. The summed E-state index contributed by atoms with van der Waals surface area (Å²) in [5.74, 6) is -0.146. The van der Waals surface area contributed by atoms with Crippen LogP contribution in [0.2, 0.25) is 15.1 Å². The molecule has 184 valence electrons. The zero-order valence-electron chi connectivity index (χ0n) is 19.0. The smallest absolute Gasteiger partial charge is 0.225 e. The molecule has 2 aliphatic rings. The minimum absolute atomic E-state index is 0.129. The standard InChI is InChI=1S/C24H28Cl3N3O3S/c1-17-2-4-20(25)15-23(17)28-10-12-29(13-11-28)24(31)19-6-8-30(9-7-19)34(32,33)16-18-3-5-21(26)22(27)14-18/h2-5,14-15,19H,6-13,16H2,1H3. The number of anilines is 1. The maximum Gasteiger partial charge on any atom is 0.225 e. The number of carbonyl (C=O) groups is 1. The van der Waals surface area contributed by atoms with Crippen LogP contribution in [0.25, 0.3) is 0 Å². The van der Waals surface area contributed by atoms with Crippen molar-refractivity contribution in [3.8, 4) is 0 Å². The third kappa shape index (κ3) is 5.82. The van der Waals surface area contributed by atoms with E-state index in [0.717, 1.165) is 18.8 Å². The summed E-state index contributed by atoms with van der Waals surface area (Å²) in [4.78, 5) is 17.3. The van der Waals surface area contributed by atoms with Gasteiger partial charge in [0, 0.05) is 55.9 Å². The first-order valence-corrected chi connectivity index (χ1v) is 14.1. The molecule has 4 rings (SSSR count). The summed E-state index contributed by atoms with van der Waals surface area (Å²) in [5, 5.41) is 1.44. The second kappa shape index (κ2) is 10.6. The van der Waals surface area contributed by atoms with Crippen molar-refractivity contribution in [2.45, 2.75) is 25.5 Å². The van der Waals surface area contributed by atoms with Crippen LogP contribution in [0.5, 0.6) is 0 Å². The second-order valence-electron chi connectivity index (χ2n) is 8.92. The number of aryl methyl sites for hydroxylation is 1. The van der Waals surface area contributed by atoms with Crippen molar-refractivity contribution < 1.29 is 13.2 Å². The molecule has 0 aromatic heterocycles. The summed E-state index contributed by atoms with van der Waals surface area (Å²) in [7, 11) is -3.50. The van der Waals surface area contributed by atoms with E-state index in [9.17, 15) is 13.2 Å². The van der Waals surface area contributed by atoms with E-state index in [4.69, 9.17) is 34.8 Å². The lowest BCUT2D eigenvalue weighted by molar-refractivity contribution is -0.137. The van der Waals surface area contributed by atoms with Gasteiger partial charge >= 0.3 is 0 Å². The third-order valence-corrected chi connectivity index (χ3v) is 9.46. The first kappa shape index (κ1) is 25.6. The summed E-state index contributed by atoms with van der Waals surface area (Å²) in [6.45, 7) is 5.57. The molecule has 2 saturated heterocycles. The van der Waals surface area contributed by atoms with Gasteiger partial charge in [0.05, 0.1) is 15.8 Å². The molecule has 2 heterocycles. The summed E-state index contributed by atoms with van der Waals surface area (Å²) >= 11 is 18.1. The van der Waals surface area contributed by atoms with Crippen molar-refractivity contribution in [3.63, 3.8) is 0 Å². The molecule has 2 aromatic rings. The van der Waals surface area contributed by atoms with E-state index in [0.29, 0.717) is 59.7 Å². The van der Waals surface area contributed by atoms with Crippen LogP contribution in [0.4, 0.5) is 5.69 Å². The van der Waals surface area contributed by atoms with Gasteiger partial charge in [0.1, 0.15) is 0 Å². The fraction of sp³-hybridized carbons (Fsp3) is 0.458. The number of piperazine rings is 1. The summed E-state index contributed by atoms with van der Waals surface area (Å²) in [6.07, 6.45) is 1.07. The quantitative estimate of drug-likeness (QED) is 0.540. The maximum atomic E-state index is 13.1. The lowest BCUT2D eigenvalue weighted by Crippen LogP contribution is -2.52. The van der Waals surface area contributed by atoms with Crippen LogP contribution in [0.15, 0.2) is 36.4 Å². The molecular formula is C24H28Cl3N3O3S. The molecule has 0 unspecified atom stereocenters. The van der Waals surface area contributed by atoms with Gasteiger partial charge in [-0.3, -0.25) is 4.79 Å². The molecule has 10 heteroatoms. The Bertz CT molecular complexity index is 1160. The van der Waals surface area contributed by atoms with Gasteiger partial charge in [-0.2, -0.15) is 0 Å². The van der Waals surface area contributed by atoms with Gasteiger partial charge in [-0.05, 0) is 55.2 Å². The van der Waals surface area contributed by atoms with Gasteiger partial charge in [-0.25, -0.2) is 12.7 Å². The molecule has 0 radical (unpaired) electrons. The average Bonchev–Trinajstić information content (AvgIpc) is 2.82. The molecule has 34 heavy (non-hydrogen) atoms. The van der Waals surface area contributed by atoms with Gasteiger partial charge in [-0.15, -0.1) is 0 Å². The van der Waals surface area contributed by atoms with Crippen LogP contribution < -0.4 is 4.90 Å². The lowest BCUT2D eigenvalue weighted by Gasteiger charge is -2.39. The Balaban J connectivity index is 1.29. The van der Waals surface area contributed by atoms with Gasteiger partial charge in [0.2, 0.25) is 15.9 Å². The van der Waals surface area contributed by atoms with Crippen molar-refractivity contribution in [1.29, 1.82) is 0 Å². The maximum absolute atomic E-state index is 13.1. The summed E-state index contributed by atoms with van der Waals surface area (Å²) in [6, 6.07) is 10.7. The van der Waals surface area contributed by atoms with E-state index in [2.05, 4.69) is 11.8 Å². The van der Waals surface area contributed by atoms with Gasteiger partial charge in [0.15, 0.2) is 0 Å². The van der Waals surface area contributed by atoms with E-state index < -0.39 is 10.0 Å². The van der Waals surface area contributed by atoms with Gasteiger partial charge in [-0.1, -0.05) is 46.9 Å². The molecule has 0 spiro atoms. The molecule has 0 saturated carbocycles. The van der Waals surface area contributed by atoms with E-state index in [1.807, 2.05) is 23.1 Å². The molecule has 2 aliphatic heterocycles. The predicted molar refractivity (Wildman–Crippen MR) is 138 cm³/mol. The van der Waals surface area contributed by atoms with Crippen molar-refractivity contribution >= 4 is 56.4 Å². The Morgan fingerprint density at radius 1 is 0.912 bits per heavy atom. The molecule has 6 nitrogen and oxygen atoms in total. The molecule has 0 atom stereocenters. The molecule has 1 amide bonds. The molecule has 0 bridgehead atoms. The second-order valence-corrected chi connectivity index (χ2v) is 12.1. The number of rotatable bonds is 5. The highest BCUT2D eigenvalue weighted by atomic mass is 35.5. The predicted octanol–water partition coefficient (Wildman–Crippen LogP) is 4.85. The number of piperidine rings is 1. The monoisotopic (exact) mass is 543 g/mol. The Morgan fingerprint density at radius 2 is 1.59 bits per heavy atom. The molecular weight excluding hydrogens is 517 g/mol. The highest BCUT2D eigenvalue weighted by Gasteiger charge is 2.34. The van der Waals surface area contributed by atoms with E-state index in [-0.39, 0.29) is 17.6 Å².